The highest BCUT2D eigenvalue weighted by molar-refractivity contribution is 5.91. The first kappa shape index (κ1) is 14.0. The molecule has 1 aromatic rings. The first-order valence-corrected chi connectivity index (χ1v) is 6.74. The first-order valence-electron chi connectivity index (χ1n) is 6.74. The van der Waals surface area contributed by atoms with Crippen molar-refractivity contribution in [3.8, 4) is 0 Å². The lowest BCUT2D eigenvalue weighted by Gasteiger charge is -2.14. The van der Waals surface area contributed by atoms with E-state index in [4.69, 9.17) is 4.52 Å². The summed E-state index contributed by atoms with van der Waals surface area (Å²) >= 11 is 0. The van der Waals surface area contributed by atoms with Gasteiger partial charge in [-0.3, -0.25) is 15.0 Å². The van der Waals surface area contributed by atoms with Gasteiger partial charge in [-0.15, -0.1) is 0 Å². The predicted molar refractivity (Wildman–Crippen MR) is 73.1 cm³/mol. The minimum Gasteiger partial charge on any atom is -0.338 e. The van der Waals surface area contributed by atoms with Crippen LogP contribution in [0.5, 0.6) is 0 Å². The third kappa shape index (κ3) is 3.78. The molecule has 1 aliphatic heterocycles. The molecule has 0 aromatic carbocycles. The second-order valence-electron chi connectivity index (χ2n) is 5.33. The number of rotatable bonds is 5. The Morgan fingerprint density at radius 1 is 1.63 bits per heavy atom. The summed E-state index contributed by atoms with van der Waals surface area (Å²) in [6, 6.07) is 2.27. The SMILES string of the molecule is CNC1CCN(CC(=O)Nc2cc(C(C)C)no2)C1. The molecule has 1 aliphatic rings. The molecular formula is C13H22N4O2. The molecule has 2 N–H and O–H groups in total. The number of likely N-dealkylation sites (N-methyl/N-ethyl adjacent to an activating group) is 1. The van der Waals surface area contributed by atoms with Gasteiger partial charge in [-0.05, 0) is 19.4 Å². The zero-order valence-corrected chi connectivity index (χ0v) is 11.8. The summed E-state index contributed by atoms with van der Waals surface area (Å²) in [5.41, 5.74) is 0.853. The van der Waals surface area contributed by atoms with E-state index in [-0.39, 0.29) is 5.91 Å². The van der Waals surface area contributed by atoms with Gasteiger partial charge in [0, 0.05) is 25.2 Å². The summed E-state index contributed by atoms with van der Waals surface area (Å²) in [4.78, 5) is 14.0. The number of hydrogen-bond acceptors (Lipinski definition) is 5. The van der Waals surface area contributed by atoms with Crippen LogP contribution in [0.3, 0.4) is 0 Å². The Balaban J connectivity index is 1.81. The van der Waals surface area contributed by atoms with Crippen LogP contribution in [-0.4, -0.2) is 48.7 Å². The number of nitrogens with zero attached hydrogens (tertiary/aromatic N) is 2. The number of hydrogen-bond donors (Lipinski definition) is 2. The molecule has 1 atom stereocenters. The Morgan fingerprint density at radius 2 is 2.42 bits per heavy atom. The second kappa shape index (κ2) is 6.16. The number of nitrogens with one attached hydrogen (secondary N) is 2. The quantitative estimate of drug-likeness (QED) is 0.833. The third-order valence-corrected chi connectivity index (χ3v) is 3.43. The topological polar surface area (TPSA) is 70.4 Å². The largest absolute Gasteiger partial charge is 0.338 e. The molecule has 106 valence electrons. The molecule has 6 heteroatoms. The average molecular weight is 266 g/mol. The van der Waals surface area contributed by atoms with Crippen LogP contribution in [0.4, 0.5) is 5.88 Å². The fraction of sp³-hybridized carbons (Fsp3) is 0.692. The monoisotopic (exact) mass is 266 g/mol. The van der Waals surface area contributed by atoms with Crippen LogP contribution in [0.15, 0.2) is 10.6 Å². The second-order valence-corrected chi connectivity index (χ2v) is 5.33. The lowest BCUT2D eigenvalue weighted by Crippen LogP contribution is -2.34. The van der Waals surface area contributed by atoms with E-state index in [0.29, 0.717) is 24.4 Å². The molecule has 19 heavy (non-hydrogen) atoms. The number of anilines is 1. The van der Waals surface area contributed by atoms with Crippen molar-refractivity contribution in [2.45, 2.75) is 32.2 Å². The molecule has 2 heterocycles. The molecule has 1 aromatic heterocycles. The number of likely N-dealkylation sites (tertiary alicyclic amines) is 1. The van der Waals surface area contributed by atoms with Gasteiger partial charge >= 0.3 is 0 Å². The van der Waals surface area contributed by atoms with Crippen molar-refractivity contribution in [1.82, 2.24) is 15.4 Å². The molecular weight excluding hydrogens is 244 g/mol. The number of carbonyl (C=O) groups excluding carboxylic acids is 1. The number of carbonyl (C=O) groups is 1. The third-order valence-electron chi connectivity index (χ3n) is 3.43. The van der Waals surface area contributed by atoms with E-state index in [2.05, 4.69) is 20.7 Å². The predicted octanol–water partition coefficient (Wildman–Crippen LogP) is 1.03. The fourth-order valence-corrected chi connectivity index (χ4v) is 2.21. The van der Waals surface area contributed by atoms with Gasteiger partial charge in [0.25, 0.3) is 0 Å². The average Bonchev–Trinajstić information content (AvgIpc) is 2.98. The standard InChI is InChI=1S/C13H22N4O2/c1-9(2)11-6-13(19-16-11)15-12(18)8-17-5-4-10(7-17)14-3/h6,9-10,14H,4-5,7-8H2,1-3H3,(H,15,18). The van der Waals surface area contributed by atoms with Crippen molar-refractivity contribution in [2.24, 2.45) is 0 Å². The van der Waals surface area contributed by atoms with Gasteiger partial charge in [0.05, 0.1) is 12.2 Å². The first-order chi connectivity index (χ1) is 9.08. The van der Waals surface area contributed by atoms with Crippen molar-refractivity contribution < 1.29 is 9.32 Å². The summed E-state index contributed by atoms with van der Waals surface area (Å²) in [5.74, 6) is 0.672. The minimum absolute atomic E-state index is 0.0526. The van der Waals surface area contributed by atoms with Crippen molar-refractivity contribution in [1.29, 1.82) is 0 Å². The highest BCUT2D eigenvalue weighted by atomic mass is 16.5. The molecule has 1 unspecified atom stereocenters. The zero-order chi connectivity index (χ0) is 13.8. The van der Waals surface area contributed by atoms with E-state index < -0.39 is 0 Å². The molecule has 1 fully saturated rings. The lowest BCUT2D eigenvalue weighted by molar-refractivity contribution is -0.117. The maximum absolute atomic E-state index is 11.9. The van der Waals surface area contributed by atoms with Gasteiger partial charge in [0.1, 0.15) is 0 Å². The Bertz CT molecular complexity index is 430. The summed E-state index contributed by atoms with van der Waals surface area (Å²) in [6.07, 6.45) is 1.09. The molecule has 0 saturated carbocycles. The van der Waals surface area contributed by atoms with Gasteiger partial charge in [0.15, 0.2) is 0 Å². The molecule has 0 bridgehead atoms. The normalized spacial score (nSPS) is 20.1. The number of amides is 1. The van der Waals surface area contributed by atoms with Gasteiger partial charge in [-0.2, -0.15) is 0 Å². The van der Waals surface area contributed by atoms with Crippen LogP contribution in [0.25, 0.3) is 0 Å². The van der Waals surface area contributed by atoms with Crippen LogP contribution in [0.2, 0.25) is 0 Å². The van der Waals surface area contributed by atoms with Gasteiger partial charge in [-0.1, -0.05) is 19.0 Å². The molecule has 2 rings (SSSR count). The van der Waals surface area contributed by atoms with Gasteiger partial charge in [0.2, 0.25) is 11.8 Å². The van der Waals surface area contributed by atoms with Gasteiger partial charge in [-0.25, -0.2) is 0 Å². The lowest BCUT2D eigenvalue weighted by atomic mass is 10.1. The Kier molecular flexibility index (Phi) is 4.55. The van der Waals surface area contributed by atoms with Crippen LogP contribution in [0, 0.1) is 0 Å². The van der Waals surface area contributed by atoms with Crippen molar-refractivity contribution in [3.63, 3.8) is 0 Å². The Hall–Kier alpha value is -1.40. The van der Waals surface area contributed by atoms with E-state index in [0.717, 1.165) is 25.2 Å². The van der Waals surface area contributed by atoms with Gasteiger partial charge < -0.3 is 9.84 Å². The van der Waals surface area contributed by atoms with Crippen molar-refractivity contribution in [3.05, 3.63) is 11.8 Å². The maximum atomic E-state index is 11.9. The summed E-state index contributed by atoms with van der Waals surface area (Å²) in [6.45, 7) is 6.33. The smallest absolute Gasteiger partial charge is 0.240 e. The Labute approximate surface area is 113 Å². The maximum Gasteiger partial charge on any atom is 0.240 e. The highest BCUT2D eigenvalue weighted by Gasteiger charge is 2.23. The van der Waals surface area contributed by atoms with E-state index in [1.807, 2.05) is 20.9 Å². The zero-order valence-electron chi connectivity index (χ0n) is 11.8. The van der Waals surface area contributed by atoms with E-state index >= 15 is 0 Å². The van der Waals surface area contributed by atoms with Crippen molar-refractivity contribution in [2.75, 3.05) is 32.0 Å². The fourth-order valence-electron chi connectivity index (χ4n) is 2.21. The minimum atomic E-state index is -0.0526. The Morgan fingerprint density at radius 3 is 3.00 bits per heavy atom. The molecule has 6 nitrogen and oxygen atoms in total. The number of aromatic nitrogens is 1. The highest BCUT2D eigenvalue weighted by Crippen LogP contribution is 2.17. The van der Waals surface area contributed by atoms with Crippen LogP contribution < -0.4 is 10.6 Å². The summed E-state index contributed by atoms with van der Waals surface area (Å²) in [7, 11) is 1.95. The molecule has 0 radical (unpaired) electrons. The van der Waals surface area contributed by atoms with E-state index in [1.54, 1.807) is 6.07 Å². The van der Waals surface area contributed by atoms with Crippen LogP contribution >= 0.6 is 0 Å². The van der Waals surface area contributed by atoms with E-state index in [1.165, 1.54) is 0 Å². The van der Waals surface area contributed by atoms with E-state index in [9.17, 15) is 4.79 Å². The van der Waals surface area contributed by atoms with Crippen LogP contribution in [0.1, 0.15) is 31.9 Å². The molecule has 1 saturated heterocycles. The molecule has 0 spiro atoms. The molecule has 0 aliphatic carbocycles. The summed E-state index contributed by atoms with van der Waals surface area (Å²) in [5, 5.41) is 9.89. The molecule has 1 amide bonds. The van der Waals surface area contributed by atoms with Crippen molar-refractivity contribution >= 4 is 11.8 Å². The van der Waals surface area contributed by atoms with Crippen LogP contribution in [-0.2, 0) is 4.79 Å². The summed E-state index contributed by atoms with van der Waals surface area (Å²) < 4.78 is 5.09.